The molecule has 0 aromatic carbocycles. The minimum absolute atomic E-state index is 0.0916. The molecule has 4 aliphatic rings. The highest BCUT2D eigenvalue weighted by Crippen LogP contribution is 2.56. The van der Waals surface area contributed by atoms with Crippen molar-refractivity contribution < 1.29 is 33.6 Å². The molecule has 10 rings (SSSR count). The Morgan fingerprint density at radius 1 is 0.697 bits per heavy atom. The number of aromatic nitrogens is 12. The van der Waals surface area contributed by atoms with E-state index in [2.05, 4.69) is 77.1 Å². The van der Waals surface area contributed by atoms with Crippen molar-refractivity contribution in [2.75, 3.05) is 17.2 Å². The van der Waals surface area contributed by atoms with Crippen molar-refractivity contribution in [3.8, 4) is 24.7 Å². The molecule has 10 heterocycles. The van der Waals surface area contributed by atoms with Gasteiger partial charge in [-0.25, -0.2) is 44.9 Å². The zero-order valence-corrected chi connectivity index (χ0v) is 37.6. The fourth-order valence-corrected chi connectivity index (χ4v) is 9.58. The van der Waals surface area contributed by atoms with E-state index in [9.17, 15) is 9.90 Å². The molecular weight excluding hydrogens is 851 g/mol. The van der Waals surface area contributed by atoms with Gasteiger partial charge in [0.25, 0.3) is 0 Å². The number of hydrogen-bond donors (Lipinski definition) is 4. The van der Waals surface area contributed by atoms with Crippen molar-refractivity contribution in [2.45, 2.75) is 122 Å². The average molecular weight is 904 g/mol. The van der Waals surface area contributed by atoms with Crippen LogP contribution in [0.15, 0.2) is 50.3 Å². The van der Waals surface area contributed by atoms with Crippen molar-refractivity contribution in [3.05, 3.63) is 50.3 Å². The van der Waals surface area contributed by atoms with Crippen LogP contribution >= 0.6 is 0 Å². The summed E-state index contributed by atoms with van der Waals surface area (Å²) in [5.74, 6) is 6.50. The molecule has 22 nitrogen and oxygen atoms in total. The highest BCUT2D eigenvalue weighted by Gasteiger charge is 2.62. The third-order valence-corrected chi connectivity index (χ3v) is 13.7. The van der Waals surface area contributed by atoms with Gasteiger partial charge in [-0.05, 0) is 19.3 Å². The summed E-state index contributed by atoms with van der Waals surface area (Å²) in [7, 11) is 0. The Morgan fingerprint density at radius 3 is 1.55 bits per heavy atom. The van der Waals surface area contributed by atoms with Crippen LogP contribution < -0.4 is 17.2 Å². The normalized spacial score (nSPS) is 32.0. The molecule has 6 aromatic rings. The van der Waals surface area contributed by atoms with Gasteiger partial charge in [0.1, 0.15) is 70.3 Å². The Kier molecular flexibility index (Phi) is 11.8. The molecule has 0 saturated carbocycles. The highest BCUT2D eigenvalue weighted by atomic mass is 16.6. The molecule has 0 aliphatic carbocycles. The second kappa shape index (κ2) is 17.1. The number of anilines is 3. The maximum absolute atomic E-state index is 11.6. The van der Waals surface area contributed by atoms with Crippen LogP contribution in [-0.2, 0) is 28.5 Å². The van der Waals surface area contributed by atoms with E-state index in [0.717, 1.165) is 12.2 Å². The first kappa shape index (κ1) is 45.6. The lowest BCUT2D eigenvalue weighted by Gasteiger charge is -2.32. The van der Waals surface area contributed by atoms with Crippen molar-refractivity contribution in [1.29, 1.82) is 0 Å². The van der Waals surface area contributed by atoms with Crippen LogP contribution in [-0.4, -0.2) is 105 Å². The van der Waals surface area contributed by atoms with Gasteiger partial charge >= 0.3 is 5.97 Å². The number of imidazole rings is 3. The minimum atomic E-state index is -0.833. The van der Waals surface area contributed by atoms with Crippen molar-refractivity contribution in [2.24, 2.45) is 17.8 Å². The van der Waals surface area contributed by atoms with Gasteiger partial charge in [0, 0.05) is 24.7 Å². The zero-order chi connectivity index (χ0) is 47.5. The summed E-state index contributed by atoms with van der Waals surface area (Å²) in [4.78, 5) is 48.7. The SMILES string of the molecule is C#C[C@]1(CC)O[C@@H](n2cnc3c(N)ncnc32)[C@@H](O)C1C.C#C[C@]1(CC)O[C@@H](n2cnc3c(N)ncnc32)[C@@H](OC(C)=O)C1C.C=C1O[C@H]2C(C)[C@@]1(CC)O[C@H]2n1cnc2c(N)ncnc21. The smallest absolute Gasteiger partial charge is 0.303 e. The largest absolute Gasteiger partial charge is 0.487 e. The topological polar surface area (TPSA) is 292 Å². The minimum Gasteiger partial charge on any atom is -0.487 e. The van der Waals surface area contributed by atoms with E-state index < -0.39 is 47.4 Å². The van der Waals surface area contributed by atoms with Gasteiger partial charge in [-0.2, -0.15) is 0 Å². The molecule has 66 heavy (non-hydrogen) atoms. The molecule has 4 saturated heterocycles. The Labute approximate surface area is 379 Å². The number of carbonyl (C=O) groups is 1. The first-order chi connectivity index (χ1) is 31.5. The average Bonchev–Trinajstić information content (AvgIpc) is 4.19. The van der Waals surface area contributed by atoms with E-state index in [4.69, 9.17) is 53.7 Å². The van der Waals surface area contributed by atoms with E-state index in [0.29, 0.717) is 52.2 Å². The number of terminal acetylenes is 2. The molecule has 0 radical (unpaired) electrons. The van der Waals surface area contributed by atoms with Crippen LogP contribution in [0.1, 0.15) is 86.4 Å². The Bertz CT molecular complexity index is 2900. The Balaban J connectivity index is 0.000000135. The van der Waals surface area contributed by atoms with Gasteiger partial charge < -0.3 is 46.0 Å². The van der Waals surface area contributed by atoms with Gasteiger partial charge in [0.15, 0.2) is 59.2 Å². The number of nitrogen functional groups attached to an aromatic ring is 3. The van der Waals surface area contributed by atoms with E-state index in [1.807, 2.05) is 32.3 Å². The number of rotatable bonds is 7. The number of ether oxygens (including phenoxy) is 5. The van der Waals surface area contributed by atoms with E-state index in [-0.39, 0.29) is 41.7 Å². The number of esters is 1. The van der Waals surface area contributed by atoms with Crippen LogP contribution in [0.3, 0.4) is 0 Å². The summed E-state index contributed by atoms with van der Waals surface area (Å²) in [6.45, 7) is 17.3. The third kappa shape index (κ3) is 6.99. The van der Waals surface area contributed by atoms with E-state index in [1.165, 1.54) is 25.9 Å². The van der Waals surface area contributed by atoms with Gasteiger partial charge in [-0.3, -0.25) is 18.5 Å². The number of aliphatic hydroxyl groups excluding tert-OH is 1. The van der Waals surface area contributed by atoms with Crippen molar-refractivity contribution in [1.82, 2.24) is 58.6 Å². The van der Waals surface area contributed by atoms with Gasteiger partial charge in [0.05, 0.1) is 19.0 Å². The molecule has 4 fully saturated rings. The summed E-state index contributed by atoms with van der Waals surface area (Å²) in [6, 6.07) is 0. The predicted octanol–water partition coefficient (Wildman–Crippen LogP) is 3.64. The monoisotopic (exact) mass is 903 g/mol. The molecule has 346 valence electrons. The van der Waals surface area contributed by atoms with Crippen LogP contribution in [0, 0.1) is 42.4 Å². The lowest BCUT2D eigenvalue weighted by atomic mass is 9.85. The van der Waals surface area contributed by atoms with E-state index >= 15 is 0 Å². The number of nitrogens with zero attached hydrogens (tertiary/aromatic N) is 12. The summed E-state index contributed by atoms with van der Waals surface area (Å²) in [5.41, 5.74) is 18.6. The molecule has 7 N–H and O–H groups in total. The summed E-state index contributed by atoms with van der Waals surface area (Å²) in [6.07, 6.45) is 19.3. The van der Waals surface area contributed by atoms with Crippen molar-refractivity contribution >= 4 is 56.9 Å². The second-order valence-electron chi connectivity index (χ2n) is 16.7. The predicted molar refractivity (Wildman–Crippen MR) is 239 cm³/mol. The number of hydrogen-bond acceptors (Lipinski definition) is 19. The summed E-state index contributed by atoms with van der Waals surface area (Å²) < 4.78 is 35.2. The second-order valence-corrected chi connectivity index (χ2v) is 16.7. The van der Waals surface area contributed by atoms with E-state index in [1.54, 1.807) is 28.1 Å². The molecule has 0 spiro atoms. The van der Waals surface area contributed by atoms with Crippen LogP contribution in [0.5, 0.6) is 0 Å². The third-order valence-electron chi connectivity index (χ3n) is 13.7. The molecule has 12 atom stereocenters. The Morgan fingerprint density at radius 2 is 1.14 bits per heavy atom. The fraction of sp³-hybridized carbons (Fsp3) is 0.500. The fourth-order valence-electron chi connectivity index (χ4n) is 9.58. The molecule has 3 unspecified atom stereocenters. The summed E-state index contributed by atoms with van der Waals surface area (Å²) >= 11 is 0. The zero-order valence-electron chi connectivity index (χ0n) is 37.6. The van der Waals surface area contributed by atoms with Crippen molar-refractivity contribution in [3.63, 3.8) is 0 Å². The molecule has 2 bridgehead atoms. The molecule has 6 aromatic heterocycles. The van der Waals surface area contributed by atoms with Gasteiger partial charge in [-0.1, -0.05) is 60.0 Å². The number of fused-ring (bicyclic) bond motifs is 5. The number of nitrogens with two attached hydrogens (primary N) is 3. The Hall–Kier alpha value is -6.98. The summed E-state index contributed by atoms with van der Waals surface area (Å²) in [5, 5.41) is 10.5. The highest BCUT2D eigenvalue weighted by molar-refractivity contribution is 5.82. The quantitative estimate of drug-likeness (QED) is 0.131. The molecule has 4 aliphatic heterocycles. The molecule has 22 heteroatoms. The molecular formula is C44H53N15O7. The van der Waals surface area contributed by atoms with Crippen LogP contribution in [0.25, 0.3) is 33.5 Å². The lowest BCUT2D eigenvalue weighted by Crippen LogP contribution is -2.35. The maximum Gasteiger partial charge on any atom is 0.303 e. The van der Waals surface area contributed by atoms with Gasteiger partial charge in [0.2, 0.25) is 0 Å². The first-order valence-electron chi connectivity index (χ1n) is 21.5. The van der Waals surface area contributed by atoms with Gasteiger partial charge in [-0.15, -0.1) is 12.8 Å². The first-order valence-corrected chi connectivity index (χ1v) is 21.5. The number of aliphatic hydroxyl groups is 1. The number of carbonyl (C=O) groups excluding carboxylic acids is 1. The standard InChI is InChI=1S/C16H19N5O3.2C14H17N5O2/c1-5-16(6-2)9(3)12(23-10(4)22)15(24-16)21-8-20-11-13(17)18-7-19-14(11)21;1-4-14-7(2)10(20-8(14)3)13(21-14)19-6-18-9-11(15)16-5-17-12(9)19;1-4-14(5-2)8(3)10(20)13(21-14)19-7-18-9-11(15)16-6-17-12(9)19/h1,7-9,12,15H,6H2,2-4H3,(H2,17,18,19);5-7,10,13H,3-4H2,1-2H3,(H2,15,16,17);1,6-8,10,13,20H,5H2,2-3H3,(H2,15,16,17)/t9?,12-,15+,16+;7?,10-,13+,14+;8?,10-,13+,14+/m000/s1. The maximum atomic E-state index is 11.6. The lowest BCUT2D eigenvalue weighted by molar-refractivity contribution is -0.153. The molecule has 0 amide bonds. The van der Waals surface area contributed by atoms with Crippen LogP contribution in [0.2, 0.25) is 0 Å². The van der Waals surface area contributed by atoms with Crippen LogP contribution in [0.4, 0.5) is 17.5 Å².